The van der Waals surface area contributed by atoms with Gasteiger partial charge in [0.15, 0.2) is 0 Å². The lowest BCUT2D eigenvalue weighted by molar-refractivity contribution is 0.417. The molecule has 0 aliphatic heterocycles. The normalized spacial score (nSPS) is 10.6. The Morgan fingerprint density at radius 1 is 1.21 bits per heavy atom. The van der Waals surface area contributed by atoms with E-state index in [-0.39, 0.29) is 0 Å². The molecule has 3 aromatic rings. The summed E-state index contributed by atoms with van der Waals surface area (Å²) in [5.41, 5.74) is 9.08. The van der Waals surface area contributed by atoms with Crippen molar-refractivity contribution in [3.8, 4) is 5.75 Å². The second kappa shape index (κ2) is 4.53. The first-order valence-corrected chi connectivity index (χ1v) is 5.91. The number of hydrogen-bond acceptors (Lipinski definition) is 4. The van der Waals surface area contributed by atoms with Gasteiger partial charge in [0.05, 0.1) is 23.8 Å². The van der Waals surface area contributed by atoms with Crippen LogP contribution in [0.2, 0.25) is 0 Å². The Morgan fingerprint density at radius 2 is 2.05 bits per heavy atom. The number of nitrogen functional groups attached to an aromatic ring is 1. The Kier molecular flexibility index (Phi) is 2.72. The van der Waals surface area contributed by atoms with Crippen molar-refractivity contribution >= 4 is 28.4 Å². The van der Waals surface area contributed by atoms with E-state index < -0.39 is 0 Å². The minimum atomic E-state index is 0.658. The Balaban J connectivity index is 1.96. The van der Waals surface area contributed by atoms with Gasteiger partial charge in [-0.3, -0.25) is 0 Å². The predicted molar refractivity (Wildman–Crippen MR) is 76.8 cm³/mol. The molecule has 3 rings (SSSR count). The van der Waals surface area contributed by atoms with E-state index in [0.717, 1.165) is 22.5 Å². The predicted octanol–water partition coefficient (Wildman–Crippen LogP) is 2.90. The molecular formula is C14H14N4O. The average Bonchev–Trinajstić information content (AvgIpc) is 2.80. The summed E-state index contributed by atoms with van der Waals surface area (Å²) >= 11 is 0. The van der Waals surface area contributed by atoms with Crippen molar-refractivity contribution < 1.29 is 4.74 Å². The molecule has 0 atom stereocenters. The SMILES string of the molecule is COc1ccccc1Nc1nc2ccc(N)cc2[nH]1. The number of nitrogens with two attached hydrogens (primary N) is 1. The number of ether oxygens (including phenoxy) is 1. The highest BCUT2D eigenvalue weighted by Crippen LogP contribution is 2.27. The minimum Gasteiger partial charge on any atom is -0.495 e. The third-order valence-electron chi connectivity index (χ3n) is 2.87. The molecule has 0 bridgehead atoms. The number of imidazole rings is 1. The van der Waals surface area contributed by atoms with Crippen molar-refractivity contribution in [2.45, 2.75) is 0 Å². The largest absolute Gasteiger partial charge is 0.495 e. The molecule has 5 nitrogen and oxygen atoms in total. The van der Waals surface area contributed by atoms with Crippen LogP contribution >= 0.6 is 0 Å². The van der Waals surface area contributed by atoms with Gasteiger partial charge in [0, 0.05) is 5.69 Å². The Labute approximate surface area is 110 Å². The lowest BCUT2D eigenvalue weighted by Gasteiger charge is -2.07. The number of benzene rings is 2. The highest BCUT2D eigenvalue weighted by atomic mass is 16.5. The molecule has 2 aromatic carbocycles. The summed E-state index contributed by atoms with van der Waals surface area (Å²) in [6.07, 6.45) is 0. The number of fused-ring (bicyclic) bond motifs is 1. The second-order valence-electron chi connectivity index (χ2n) is 4.19. The first-order chi connectivity index (χ1) is 9.26. The molecular weight excluding hydrogens is 240 g/mol. The maximum Gasteiger partial charge on any atom is 0.205 e. The van der Waals surface area contributed by atoms with E-state index in [1.807, 2.05) is 42.5 Å². The van der Waals surface area contributed by atoms with Gasteiger partial charge in [-0.15, -0.1) is 0 Å². The molecule has 5 heteroatoms. The molecule has 0 radical (unpaired) electrons. The molecule has 0 aliphatic rings. The molecule has 0 unspecified atom stereocenters. The van der Waals surface area contributed by atoms with Gasteiger partial charge in [-0.25, -0.2) is 4.98 Å². The standard InChI is InChI=1S/C14H14N4O/c1-19-13-5-3-2-4-11(13)17-14-16-10-7-6-9(15)8-12(10)18-14/h2-8H,15H2,1H3,(H2,16,17,18). The van der Waals surface area contributed by atoms with E-state index in [9.17, 15) is 0 Å². The van der Waals surface area contributed by atoms with Crippen molar-refractivity contribution in [1.29, 1.82) is 0 Å². The first kappa shape index (κ1) is 11.4. The van der Waals surface area contributed by atoms with Gasteiger partial charge in [0.1, 0.15) is 5.75 Å². The minimum absolute atomic E-state index is 0.658. The van der Waals surface area contributed by atoms with Crippen LogP contribution < -0.4 is 15.8 Å². The van der Waals surface area contributed by atoms with Gasteiger partial charge in [0.2, 0.25) is 5.95 Å². The highest BCUT2D eigenvalue weighted by Gasteiger charge is 2.06. The lowest BCUT2D eigenvalue weighted by Crippen LogP contribution is -1.95. The van der Waals surface area contributed by atoms with Crippen LogP contribution in [0.15, 0.2) is 42.5 Å². The van der Waals surface area contributed by atoms with Crippen molar-refractivity contribution in [3.05, 3.63) is 42.5 Å². The fourth-order valence-electron chi connectivity index (χ4n) is 1.96. The van der Waals surface area contributed by atoms with Gasteiger partial charge in [-0.05, 0) is 30.3 Å². The number of H-pyrrole nitrogens is 1. The lowest BCUT2D eigenvalue weighted by atomic mass is 10.3. The molecule has 0 fully saturated rings. The Morgan fingerprint density at radius 3 is 2.89 bits per heavy atom. The number of para-hydroxylation sites is 2. The smallest absolute Gasteiger partial charge is 0.205 e. The van der Waals surface area contributed by atoms with Gasteiger partial charge in [-0.2, -0.15) is 0 Å². The maximum atomic E-state index is 5.74. The summed E-state index contributed by atoms with van der Waals surface area (Å²) in [6.45, 7) is 0. The van der Waals surface area contributed by atoms with Crippen molar-refractivity contribution in [3.63, 3.8) is 0 Å². The summed E-state index contributed by atoms with van der Waals surface area (Å²) in [6, 6.07) is 13.2. The molecule has 4 N–H and O–H groups in total. The van der Waals surface area contributed by atoms with Gasteiger partial charge < -0.3 is 20.8 Å². The van der Waals surface area contributed by atoms with Gasteiger partial charge in [-0.1, -0.05) is 12.1 Å². The number of nitrogens with zero attached hydrogens (tertiary/aromatic N) is 1. The maximum absolute atomic E-state index is 5.74. The molecule has 0 spiro atoms. The van der Waals surface area contributed by atoms with Gasteiger partial charge in [0.25, 0.3) is 0 Å². The van der Waals surface area contributed by atoms with Crippen molar-refractivity contribution in [1.82, 2.24) is 9.97 Å². The first-order valence-electron chi connectivity index (χ1n) is 5.91. The summed E-state index contributed by atoms with van der Waals surface area (Å²) < 4.78 is 5.29. The number of aromatic amines is 1. The molecule has 0 saturated heterocycles. The van der Waals surface area contributed by atoms with E-state index in [4.69, 9.17) is 10.5 Å². The highest BCUT2D eigenvalue weighted by molar-refractivity contribution is 5.81. The quantitative estimate of drug-likeness (QED) is 0.628. The van der Waals surface area contributed by atoms with E-state index in [0.29, 0.717) is 11.6 Å². The van der Waals surface area contributed by atoms with E-state index in [1.54, 1.807) is 7.11 Å². The third kappa shape index (κ3) is 2.18. The van der Waals surface area contributed by atoms with Crippen LogP contribution in [0, 0.1) is 0 Å². The van der Waals surface area contributed by atoms with Crippen molar-refractivity contribution in [2.24, 2.45) is 0 Å². The van der Waals surface area contributed by atoms with Crippen LogP contribution in [-0.2, 0) is 0 Å². The number of hydrogen-bond donors (Lipinski definition) is 3. The van der Waals surface area contributed by atoms with Crippen LogP contribution in [0.1, 0.15) is 0 Å². The van der Waals surface area contributed by atoms with Gasteiger partial charge >= 0.3 is 0 Å². The Hall–Kier alpha value is -2.69. The van der Waals surface area contributed by atoms with Crippen molar-refractivity contribution in [2.75, 3.05) is 18.2 Å². The summed E-state index contributed by atoms with van der Waals surface area (Å²) in [5, 5.41) is 3.20. The number of aromatic nitrogens is 2. The number of methoxy groups -OCH3 is 1. The zero-order valence-electron chi connectivity index (χ0n) is 10.5. The molecule has 1 heterocycles. The Bertz CT molecular complexity index is 720. The number of anilines is 3. The molecule has 19 heavy (non-hydrogen) atoms. The fourth-order valence-corrected chi connectivity index (χ4v) is 1.96. The average molecular weight is 254 g/mol. The molecule has 0 aliphatic carbocycles. The number of nitrogens with one attached hydrogen (secondary N) is 2. The van der Waals surface area contributed by atoms with Crippen LogP contribution in [-0.4, -0.2) is 17.1 Å². The third-order valence-corrected chi connectivity index (χ3v) is 2.87. The second-order valence-corrected chi connectivity index (χ2v) is 4.19. The molecule has 96 valence electrons. The summed E-state index contributed by atoms with van der Waals surface area (Å²) in [5.74, 6) is 1.42. The molecule has 0 saturated carbocycles. The number of rotatable bonds is 3. The zero-order valence-corrected chi connectivity index (χ0v) is 10.5. The topological polar surface area (TPSA) is 76.0 Å². The van der Waals surface area contributed by atoms with Crippen LogP contribution in [0.5, 0.6) is 5.75 Å². The van der Waals surface area contributed by atoms with E-state index in [1.165, 1.54) is 0 Å². The fraction of sp³-hybridized carbons (Fsp3) is 0.0714. The summed E-state index contributed by atoms with van der Waals surface area (Å²) in [7, 11) is 1.64. The van der Waals surface area contributed by atoms with Crippen LogP contribution in [0.3, 0.4) is 0 Å². The molecule has 0 amide bonds. The summed E-state index contributed by atoms with van der Waals surface area (Å²) in [4.78, 5) is 7.63. The van der Waals surface area contributed by atoms with Crippen LogP contribution in [0.25, 0.3) is 11.0 Å². The zero-order chi connectivity index (χ0) is 13.2. The van der Waals surface area contributed by atoms with E-state index in [2.05, 4.69) is 15.3 Å². The van der Waals surface area contributed by atoms with E-state index >= 15 is 0 Å². The molecule has 1 aromatic heterocycles. The van der Waals surface area contributed by atoms with Crippen LogP contribution in [0.4, 0.5) is 17.3 Å². The monoisotopic (exact) mass is 254 g/mol.